The summed E-state index contributed by atoms with van der Waals surface area (Å²) in [7, 11) is 0. The molecule has 0 saturated carbocycles. The van der Waals surface area contributed by atoms with Crippen LogP contribution in [0.1, 0.15) is 38.8 Å². The van der Waals surface area contributed by atoms with Gasteiger partial charge in [-0.15, -0.1) is 11.3 Å². The highest BCUT2D eigenvalue weighted by Crippen LogP contribution is 2.33. The van der Waals surface area contributed by atoms with E-state index in [4.69, 9.17) is 0 Å². The van der Waals surface area contributed by atoms with Gasteiger partial charge in [-0.1, -0.05) is 25.1 Å². The summed E-state index contributed by atoms with van der Waals surface area (Å²) in [5.41, 5.74) is 1.70. The summed E-state index contributed by atoms with van der Waals surface area (Å²) < 4.78 is 27.4. The van der Waals surface area contributed by atoms with Crippen molar-refractivity contribution in [2.45, 2.75) is 20.3 Å². The van der Waals surface area contributed by atoms with Gasteiger partial charge in [0.05, 0.1) is 4.88 Å². The topological polar surface area (TPSA) is 46.2 Å². The van der Waals surface area contributed by atoms with Crippen LogP contribution in [0.25, 0.3) is 11.1 Å². The molecule has 1 amide bonds. The number of carbonyl (C=O) groups is 2. The molecule has 3 rings (SSSR count). The number of benzene rings is 2. The molecule has 138 valence electrons. The van der Waals surface area contributed by atoms with Gasteiger partial charge in [0.15, 0.2) is 5.78 Å². The van der Waals surface area contributed by atoms with Gasteiger partial charge in [0, 0.05) is 10.6 Å². The number of halogens is 2. The maximum Gasteiger partial charge on any atom is 0.261 e. The van der Waals surface area contributed by atoms with E-state index in [1.54, 1.807) is 24.3 Å². The molecule has 0 bridgehead atoms. The molecule has 0 saturated heterocycles. The van der Waals surface area contributed by atoms with E-state index in [2.05, 4.69) is 5.32 Å². The number of thiophene rings is 1. The normalized spacial score (nSPS) is 10.7. The average Bonchev–Trinajstić information content (AvgIpc) is 3.07. The van der Waals surface area contributed by atoms with E-state index in [0.29, 0.717) is 10.6 Å². The minimum absolute atomic E-state index is 0.0248. The summed E-state index contributed by atoms with van der Waals surface area (Å²) in [4.78, 5) is 25.6. The zero-order valence-electron chi connectivity index (χ0n) is 14.8. The zero-order valence-corrected chi connectivity index (χ0v) is 15.6. The standard InChI is InChI=1S/C21H17F2NO2S/c1-3-18-15(11-19(27-18)12(2)25)13-7-9-14(10-8-13)24-21(26)20-16(22)5-4-6-17(20)23/h4-11H,3H2,1-2H3,(H,24,26). The first-order valence-electron chi connectivity index (χ1n) is 8.40. The molecule has 27 heavy (non-hydrogen) atoms. The lowest BCUT2D eigenvalue weighted by molar-refractivity contribution is 0.101. The first kappa shape index (κ1) is 18.9. The Bertz CT molecular complexity index is 989. The third-order valence-electron chi connectivity index (χ3n) is 4.12. The number of anilines is 1. The van der Waals surface area contributed by atoms with Crippen molar-refractivity contribution in [3.8, 4) is 11.1 Å². The van der Waals surface area contributed by atoms with E-state index < -0.39 is 23.1 Å². The molecule has 0 unspecified atom stereocenters. The van der Waals surface area contributed by atoms with Gasteiger partial charge in [-0.05, 0) is 54.8 Å². The van der Waals surface area contributed by atoms with Crippen LogP contribution in [-0.4, -0.2) is 11.7 Å². The predicted molar refractivity (Wildman–Crippen MR) is 103 cm³/mol. The summed E-state index contributed by atoms with van der Waals surface area (Å²) in [5.74, 6) is -2.64. The number of ketones is 1. The lowest BCUT2D eigenvalue weighted by Gasteiger charge is -2.08. The molecule has 0 aliphatic rings. The molecular formula is C21H17F2NO2S. The van der Waals surface area contributed by atoms with Crippen LogP contribution >= 0.6 is 11.3 Å². The summed E-state index contributed by atoms with van der Waals surface area (Å²) in [5, 5.41) is 2.50. The number of Topliss-reactive ketones (excluding diaryl/α,β-unsaturated/α-hetero) is 1. The van der Waals surface area contributed by atoms with E-state index in [1.165, 1.54) is 24.3 Å². The molecule has 1 N–H and O–H groups in total. The fourth-order valence-electron chi connectivity index (χ4n) is 2.75. The number of rotatable bonds is 5. The van der Waals surface area contributed by atoms with Crippen LogP contribution in [0.15, 0.2) is 48.5 Å². The maximum absolute atomic E-state index is 13.7. The van der Waals surface area contributed by atoms with Crippen LogP contribution in [0.2, 0.25) is 0 Å². The Kier molecular flexibility index (Phi) is 5.46. The minimum Gasteiger partial charge on any atom is -0.322 e. The van der Waals surface area contributed by atoms with Gasteiger partial charge in [-0.2, -0.15) is 0 Å². The third kappa shape index (κ3) is 3.95. The van der Waals surface area contributed by atoms with Gasteiger partial charge >= 0.3 is 0 Å². The molecule has 2 aromatic carbocycles. The molecule has 3 nitrogen and oxygen atoms in total. The van der Waals surface area contributed by atoms with Crippen LogP contribution in [0.3, 0.4) is 0 Å². The van der Waals surface area contributed by atoms with Crippen molar-refractivity contribution in [1.29, 1.82) is 0 Å². The van der Waals surface area contributed by atoms with Crippen molar-refractivity contribution in [2.24, 2.45) is 0 Å². The lowest BCUT2D eigenvalue weighted by Crippen LogP contribution is -2.15. The molecule has 0 aliphatic heterocycles. The highest BCUT2D eigenvalue weighted by molar-refractivity contribution is 7.14. The molecule has 1 heterocycles. The Labute approximate surface area is 159 Å². The van der Waals surface area contributed by atoms with Crippen LogP contribution in [0.4, 0.5) is 14.5 Å². The minimum atomic E-state index is -0.910. The molecular weight excluding hydrogens is 368 g/mol. The number of aryl methyl sites for hydroxylation is 1. The number of amides is 1. The molecule has 0 atom stereocenters. The number of carbonyl (C=O) groups excluding carboxylic acids is 2. The second-order valence-electron chi connectivity index (χ2n) is 5.99. The van der Waals surface area contributed by atoms with E-state index in [9.17, 15) is 18.4 Å². The average molecular weight is 385 g/mol. The van der Waals surface area contributed by atoms with Crippen LogP contribution in [-0.2, 0) is 6.42 Å². The maximum atomic E-state index is 13.7. The van der Waals surface area contributed by atoms with Gasteiger partial charge in [-0.25, -0.2) is 8.78 Å². The van der Waals surface area contributed by atoms with Gasteiger partial charge in [-0.3, -0.25) is 9.59 Å². The summed E-state index contributed by atoms with van der Waals surface area (Å²) in [6.07, 6.45) is 0.804. The van der Waals surface area contributed by atoms with Crippen LogP contribution in [0, 0.1) is 11.6 Å². The monoisotopic (exact) mass is 385 g/mol. The quantitative estimate of drug-likeness (QED) is 0.572. The van der Waals surface area contributed by atoms with Crippen molar-refractivity contribution < 1.29 is 18.4 Å². The molecule has 1 aromatic heterocycles. The van der Waals surface area contributed by atoms with Crippen molar-refractivity contribution in [3.63, 3.8) is 0 Å². The third-order valence-corrected chi connectivity index (χ3v) is 5.50. The smallest absolute Gasteiger partial charge is 0.261 e. The van der Waals surface area contributed by atoms with Gasteiger partial charge in [0.2, 0.25) is 0 Å². The number of hydrogen-bond donors (Lipinski definition) is 1. The fourth-order valence-corrected chi connectivity index (χ4v) is 3.77. The Hall–Kier alpha value is -2.86. The first-order chi connectivity index (χ1) is 12.9. The molecule has 0 radical (unpaired) electrons. The predicted octanol–water partition coefficient (Wildman–Crippen LogP) is 5.71. The SMILES string of the molecule is CCc1sc(C(C)=O)cc1-c1ccc(NC(=O)c2c(F)cccc2F)cc1. The van der Waals surface area contributed by atoms with Crippen molar-refractivity contribution in [1.82, 2.24) is 0 Å². The lowest BCUT2D eigenvalue weighted by atomic mass is 10.0. The summed E-state index contributed by atoms with van der Waals surface area (Å²) in [6, 6.07) is 12.1. The Morgan fingerprint density at radius 1 is 1.04 bits per heavy atom. The molecule has 6 heteroatoms. The first-order valence-corrected chi connectivity index (χ1v) is 9.21. The largest absolute Gasteiger partial charge is 0.322 e. The second-order valence-corrected chi connectivity index (χ2v) is 7.12. The molecule has 0 fully saturated rings. The van der Waals surface area contributed by atoms with Gasteiger partial charge in [0.25, 0.3) is 5.91 Å². The van der Waals surface area contributed by atoms with Crippen molar-refractivity contribution in [2.75, 3.05) is 5.32 Å². The molecule has 0 aliphatic carbocycles. The van der Waals surface area contributed by atoms with E-state index in [-0.39, 0.29) is 5.78 Å². The van der Waals surface area contributed by atoms with Gasteiger partial charge < -0.3 is 5.32 Å². The second kappa shape index (κ2) is 7.80. The number of hydrogen-bond acceptors (Lipinski definition) is 3. The highest BCUT2D eigenvalue weighted by atomic mass is 32.1. The molecule has 3 aromatic rings. The summed E-state index contributed by atoms with van der Waals surface area (Å²) >= 11 is 1.48. The zero-order chi connectivity index (χ0) is 19.6. The number of nitrogens with one attached hydrogen (secondary N) is 1. The van der Waals surface area contributed by atoms with E-state index in [1.807, 2.05) is 13.0 Å². The highest BCUT2D eigenvalue weighted by Gasteiger charge is 2.17. The Morgan fingerprint density at radius 2 is 1.67 bits per heavy atom. The van der Waals surface area contributed by atoms with Crippen molar-refractivity contribution >= 4 is 28.7 Å². The Morgan fingerprint density at radius 3 is 2.22 bits per heavy atom. The summed E-state index contributed by atoms with van der Waals surface area (Å²) in [6.45, 7) is 3.56. The molecule has 0 spiro atoms. The van der Waals surface area contributed by atoms with Crippen LogP contribution in [0.5, 0.6) is 0 Å². The van der Waals surface area contributed by atoms with Crippen molar-refractivity contribution in [3.05, 3.63) is 75.5 Å². The van der Waals surface area contributed by atoms with E-state index in [0.717, 1.165) is 34.6 Å². The van der Waals surface area contributed by atoms with E-state index >= 15 is 0 Å². The fraction of sp³-hybridized carbons (Fsp3) is 0.143. The Balaban J connectivity index is 1.84. The van der Waals surface area contributed by atoms with Crippen LogP contribution < -0.4 is 5.32 Å². The van der Waals surface area contributed by atoms with Gasteiger partial charge in [0.1, 0.15) is 17.2 Å².